The molecular formula is C38H43ClF2N6O5. The Morgan fingerprint density at radius 2 is 1.88 bits per heavy atom. The average molecular weight is 737 g/mol. The molecular weight excluding hydrogens is 694 g/mol. The molecule has 8 rings (SSSR count). The number of hydrogen-bond donors (Lipinski definition) is 0. The molecule has 6 heterocycles. The Balaban J connectivity index is 1.22. The summed E-state index contributed by atoms with van der Waals surface area (Å²) in [6.45, 7) is 7.88. The highest BCUT2D eigenvalue weighted by Gasteiger charge is 2.50. The van der Waals surface area contributed by atoms with Crippen molar-refractivity contribution < 1.29 is 32.5 Å². The average Bonchev–Trinajstić information content (AvgIpc) is 3.72. The zero-order valence-corrected chi connectivity index (χ0v) is 30.6. The SMILES string of the molecule is COCOc1cc(-c2ncc3c(N4C[C@H]5CC[C@@H](C4)N5C(=O)OC(C)(C)C)nc(OC[C@@]45CCCN4C[C@H](F)C5)nc3c2F)c2c(Cl)cccc2c1. The van der Waals surface area contributed by atoms with Crippen LogP contribution in [0.1, 0.15) is 52.9 Å². The number of ether oxygens (including phenoxy) is 4. The highest BCUT2D eigenvalue weighted by atomic mass is 35.5. The number of piperazine rings is 1. The second-order valence-electron chi connectivity index (χ2n) is 15.4. The second-order valence-corrected chi connectivity index (χ2v) is 15.8. The van der Waals surface area contributed by atoms with Gasteiger partial charge in [-0.15, -0.1) is 0 Å². The molecule has 2 aromatic carbocycles. The van der Waals surface area contributed by atoms with Crippen molar-refractivity contribution in [3.05, 3.63) is 47.4 Å². The molecule has 0 radical (unpaired) electrons. The molecule has 4 aliphatic rings. The van der Waals surface area contributed by atoms with Crippen LogP contribution < -0.4 is 14.4 Å². The molecule has 0 saturated carbocycles. The molecule has 276 valence electrons. The lowest BCUT2D eigenvalue weighted by Crippen LogP contribution is -2.57. The summed E-state index contributed by atoms with van der Waals surface area (Å²) in [4.78, 5) is 33.5. The summed E-state index contributed by atoms with van der Waals surface area (Å²) >= 11 is 6.72. The fourth-order valence-corrected chi connectivity index (χ4v) is 8.89. The van der Waals surface area contributed by atoms with Crippen LogP contribution in [0.15, 0.2) is 36.5 Å². The van der Waals surface area contributed by atoms with Crippen molar-refractivity contribution in [2.24, 2.45) is 0 Å². The summed E-state index contributed by atoms with van der Waals surface area (Å²) in [6, 6.07) is 8.72. The molecule has 4 aliphatic heterocycles. The molecule has 1 amide bonds. The number of benzene rings is 2. The maximum atomic E-state index is 17.2. The van der Waals surface area contributed by atoms with Gasteiger partial charge in [0.05, 0.1) is 23.0 Å². The number of aromatic nitrogens is 3. The monoisotopic (exact) mass is 736 g/mol. The standard InChI is InChI=1S/C38H43ClF2N6O5/c1-37(2,3)52-36(48)47-24-9-10-25(47)19-45(18-24)34-28-16-42-32(27-14-26(51-21-49-4)13-22-7-5-8-29(39)30(22)27)31(41)33(28)43-35(44-34)50-20-38-11-6-12-46(38)17-23(40)15-38/h5,7-8,13-14,16,23-25H,6,9-12,15,17-21H2,1-4H3/t23-,24-,25+,38+/m1/s1. The number of nitrogens with zero attached hydrogens (tertiary/aromatic N) is 6. The third kappa shape index (κ3) is 6.34. The van der Waals surface area contributed by atoms with Gasteiger partial charge in [0.1, 0.15) is 41.2 Å². The molecule has 14 heteroatoms. The van der Waals surface area contributed by atoms with Crippen molar-refractivity contribution >= 4 is 45.2 Å². The first-order valence-electron chi connectivity index (χ1n) is 17.9. The van der Waals surface area contributed by atoms with E-state index in [9.17, 15) is 9.18 Å². The third-order valence-electron chi connectivity index (χ3n) is 10.8. The molecule has 0 aliphatic carbocycles. The molecule has 4 atom stereocenters. The van der Waals surface area contributed by atoms with Gasteiger partial charge in [0.2, 0.25) is 0 Å². The highest BCUT2D eigenvalue weighted by molar-refractivity contribution is 6.36. The summed E-state index contributed by atoms with van der Waals surface area (Å²) in [6.07, 6.45) is 4.08. The van der Waals surface area contributed by atoms with Crippen molar-refractivity contribution in [3.8, 4) is 23.0 Å². The minimum Gasteiger partial charge on any atom is -0.468 e. The molecule has 11 nitrogen and oxygen atoms in total. The quantitative estimate of drug-likeness (QED) is 0.173. The van der Waals surface area contributed by atoms with E-state index in [1.165, 1.54) is 7.11 Å². The van der Waals surface area contributed by atoms with Crippen LogP contribution in [0, 0.1) is 5.82 Å². The fourth-order valence-electron chi connectivity index (χ4n) is 8.60. The van der Waals surface area contributed by atoms with E-state index < -0.39 is 23.1 Å². The molecule has 52 heavy (non-hydrogen) atoms. The van der Waals surface area contributed by atoms with E-state index in [0.717, 1.165) is 37.6 Å². The first-order chi connectivity index (χ1) is 24.9. The maximum Gasteiger partial charge on any atom is 0.410 e. The van der Waals surface area contributed by atoms with Gasteiger partial charge in [-0.25, -0.2) is 13.6 Å². The lowest BCUT2D eigenvalue weighted by atomic mass is 9.95. The number of pyridine rings is 1. The Morgan fingerprint density at radius 3 is 2.63 bits per heavy atom. The van der Waals surface area contributed by atoms with Gasteiger partial charge < -0.3 is 23.8 Å². The summed E-state index contributed by atoms with van der Waals surface area (Å²) in [5.41, 5.74) is -0.567. The van der Waals surface area contributed by atoms with E-state index in [0.29, 0.717) is 59.0 Å². The number of halogens is 3. The number of fused-ring (bicyclic) bond motifs is 5. The minimum atomic E-state index is -0.926. The Bertz CT molecular complexity index is 2020. The highest BCUT2D eigenvalue weighted by Crippen LogP contribution is 2.43. The number of amides is 1. The topological polar surface area (TPSA) is 102 Å². The van der Waals surface area contributed by atoms with E-state index in [2.05, 4.69) is 19.8 Å². The number of hydrogen-bond acceptors (Lipinski definition) is 10. The summed E-state index contributed by atoms with van der Waals surface area (Å²) < 4.78 is 54.8. The van der Waals surface area contributed by atoms with Crippen molar-refractivity contribution in [1.82, 2.24) is 24.8 Å². The smallest absolute Gasteiger partial charge is 0.410 e. The molecule has 2 aromatic heterocycles. The first-order valence-corrected chi connectivity index (χ1v) is 18.3. The minimum absolute atomic E-state index is 0.00167. The van der Waals surface area contributed by atoms with Gasteiger partial charge in [-0.1, -0.05) is 23.7 Å². The van der Waals surface area contributed by atoms with E-state index in [1.807, 2.05) is 43.9 Å². The lowest BCUT2D eigenvalue weighted by Gasteiger charge is -2.42. The predicted molar refractivity (Wildman–Crippen MR) is 193 cm³/mol. The molecule has 4 fully saturated rings. The summed E-state index contributed by atoms with van der Waals surface area (Å²) in [5, 5.41) is 2.20. The lowest BCUT2D eigenvalue weighted by molar-refractivity contribution is 0.0122. The Hall–Kier alpha value is -4.07. The van der Waals surface area contributed by atoms with Crippen LogP contribution in [0.2, 0.25) is 5.02 Å². The van der Waals surface area contributed by atoms with Crippen LogP contribution in [-0.4, -0.2) is 107 Å². The normalized spacial score (nSPS) is 24.6. The maximum absolute atomic E-state index is 17.2. The van der Waals surface area contributed by atoms with E-state index in [1.54, 1.807) is 18.3 Å². The van der Waals surface area contributed by atoms with Crippen LogP contribution in [0.5, 0.6) is 11.8 Å². The van der Waals surface area contributed by atoms with Gasteiger partial charge in [-0.05, 0) is 76.6 Å². The first kappa shape index (κ1) is 35.0. The van der Waals surface area contributed by atoms with Crippen LogP contribution in [0.3, 0.4) is 0 Å². The number of methoxy groups -OCH3 is 1. The Morgan fingerprint density at radius 1 is 1.10 bits per heavy atom. The number of anilines is 1. The zero-order chi connectivity index (χ0) is 36.4. The number of carbonyl (C=O) groups excluding carboxylic acids is 1. The number of carbonyl (C=O) groups is 1. The van der Waals surface area contributed by atoms with Gasteiger partial charge in [-0.3, -0.25) is 14.8 Å². The van der Waals surface area contributed by atoms with Gasteiger partial charge in [0, 0.05) is 55.3 Å². The number of alkyl halides is 1. The van der Waals surface area contributed by atoms with Gasteiger partial charge in [0.15, 0.2) is 12.6 Å². The summed E-state index contributed by atoms with van der Waals surface area (Å²) in [5.74, 6) is 0.257. The van der Waals surface area contributed by atoms with Gasteiger partial charge >= 0.3 is 12.1 Å². The van der Waals surface area contributed by atoms with Gasteiger partial charge in [-0.2, -0.15) is 9.97 Å². The van der Waals surface area contributed by atoms with Crippen molar-refractivity contribution in [3.63, 3.8) is 0 Å². The molecule has 4 aromatic rings. The molecule has 0 unspecified atom stereocenters. The van der Waals surface area contributed by atoms with Crippen LogP contribution in [0.25, 0.3) is 32.9 Å². The van der Waals surface area contributed by atoms with Crippen LogP contribution in [-0.2, 0) is 9.47 Å². The largest absolute Gasteiger partial charge is 0.468 e. The third-order valence-corrected chi connectivity index (χ3v) is 11.1. The van der Waals surface area contributed by atoms with Crippen molar-refractivity contribution in [1.29, 1.82) is 0 Å². The fraction of sp³-hybridized carbons (Fsp3) is 0.526. The molecule has 0 spiro atoms. The van der Waals surface area contributed by atoms with E-state index >= 15 is 4.39 Å². The zero-order valence-electron chi connectivity index (χ0n) is 29.8. The molecule has 2 bridgehead atoms. The van der Waals surface area contributed by atoms with Crippen molar-refractivity contribution in [2.75, 3.05) is 51.6 Å². The predicted octanol–water partition coefficient (Wildman–Crippen LogP) is 7.16. The Labute approximate surface area is 306 Å². The molecule has 0 N–H and O–H groups in total. The summed E-state index contributed by atoms with van der Waals surface area (Å²) in [7, 11) is 1.52. The van der Waals surface area contributed by atoms with Crippen LogP contribution >= 0.6 is 11.6 Å². The van der Waals surface area contributed by atoms with E-state index in [4.69, 9.17) is 35.5 Å². The van der Waals surface area contributed by atoms with Gasteiger partial charge in [0.25, 0.3) is 0 Å². The van der Waals surface area contributed by atoms with Crippen molar-refractivity contribution in [2.45, 2.75) is 82.3 Å². The molecule has 4 saturated heterocycles. The number of rotatable bonds is 8. The van der Waals surface area contributed by atoms with Crippen LogP contribution in [0.4, 0.5) is 19.4 Å². The van der Waals surface area contributed by atoms with E-state index in [-0.39, 0.29) is 48.8 Å². The Kier molecular flexibility index (Phi) is 9.02. The second kappa shape index (κ2) is 13.4.